The lowest BCUT2D eigenvalue weighted by Gasteiger charge is -2.21. The molecule has 0 atom stereocenters. The second-order valence-electron chi connectivity index (χ2n) is 5.51. The van der Waals surface area contributed by atoms with Crippen molar-refractivity contribution < 1.29 is 5.11 Å². The second-order valence-corrected chi connectivity index (χ2v) is 5.51. The fourth-order valence-corrected chi connectivity index (χ4v) is 2.34. The number of nitrogens with zero attached hydrogens (tertiary/aromatic N) is 2. The number of hydrogen-bond donors (Lipinski definition) is 1. The molecule has 0 aliphatic heterocycles. The Bertz CT molecular complexity index is 612. The maximum atomic E-state index is 9.23. The minimum atomic E-state index is -0.0130. The standard InChI is InChI=1S/C15H18N2O/c1-15(2,3)14-9-12-11(10-16)5-4-6-13(12)17(14)7-8-18/h4-6,9,18H,7-8H2,1-3H3. The highest BCUT2D eigenvalue weighted by Crippen LogP contribution is 2.30. The number of hydrogen-bond acceptors (Lipinski definition) is 2. The molecular weight excluding hydrogens is 224 g/mol. The summed E-state index contributed by atoms with van der Waals surface area (Å²) in [5.74, 6) is 0. The molecule has 2 aromatic rings. The van der Waals surface area contributed by atoms with Crippen LogP contribution in [-0.4, -0.2) is 16.3 Å². The largest absolute Gasteiger partial charge is 0.395 e. The van der Waals surface area contributed by atoms with E-state index in [0.717, 1.165) is 16.6 Å². The van der Waals surface area contributed by atoms with Crippen molar-refractivity contribution in [3.63, 3.8) is 0 Å². The van der Waals surface area contributed by atoms with E-state index in [9.17, 15) is 5.11 Å². The fraction of sp³-hybridized carbons (Fsp3) is 0.400. The van der Waals surface area contributed by atoms with Crippen LogP contribution >= 0.6 is 0 Å². The summed E-state index contributed by atoms with van der Waals surface area (Å²) in [5.41, 5.74) is 2.85. The van der Waals surface area contributed by atoms with Gasteiger partial charge in [-0.15, -0.1) is 0 Å². The molecule has 0 saturated heterocycles. The molecule has 0 spiro atoms. The van der Waals surface area contributed by atoms with Gasteiger partial charge >= 0.3 is 0 Å². The first-order valence-corrected chi connectivity index (χ1v) is 6.12. The van der Waals surface area contributed by atoms with Gasteiger partial charge in [0, 0.05) is 28.6 Å². The SMILES string of the molecule is CC(C)(C)c1cc2c(C#N)cccc2n1CCO. The molecule has 0 radical (unpaired) electrons. The molecule has 0 unspecified atom stereocenters. The molecule has 0 amide bonds. The Morgan fingerprint density at radius 3 is 2.61 bits per heavy atom. The van der Waals surface area contributed by atoms with Crippen LogP contribution in [0.1, 0.15) is 32.0 Å². The molecule has 3 nitrogen and oxygen atoms in total. The summed E-state index contributed by atoms with van der Waals surface area (Å²) in [6.07, 6.45) is 0. The Hall–Kier alpha value is -1.79. The third-order valence-corrected chi connectivity index (χ3v) is 3.16. The van der Waals surface area contributed by atoms with Gasteiger partial charge in [0.15, 0.2) is 0 Å². The van der Waals surface area contributed by atoms with E-state index in [1.54, 1.807) is 0 Å². The number of aromatic nitrogens is 1. The Balaban J connectivity index is 2.79. The molecule has 18 heavy (non-hydrogen) atoms. The van der Waals surface area contributed by atoms with E-state index in [4.69, 9.17) is 5.26 Å². The van der Waals surface area contributed by atoms with E-state index in [1.807, 2.05) is 18.2 Å². The average Bonchev–Trinajstić information content (AvgIpc) is 2.68. The summed E-state index contributed by atoms with van der Waals surface area (Å²) in [6, 6.07) is 10.0. The normalized spacial score (nSPS) is 11.7. The summed E-state index contributed by atoms with van der Waals surface area (Å²) in [7, 11) is 0. The lowest BCUT2D eigenvalue weighted by atomic mass is 9.92. The van der Waals surface area contributed by atoms with E-state index >= 15 is 0 Å². The number of fused-ring (bicyclic) bond motifs is 1. The molecule has 0 fully saturated rings. The van der Waals surface area contributed by atoms with Crippen molar-refractivity contribution in [2.24, 2.45) is 0 Å². The average molecular weight is 242 g/mol. The maximum Gasteiger partial charge on any atom is 0.0998 e. The highest BCUT2D eigenvalue weighted by Gasteiger charge is 2.21. The van der Waals surface area contributed by atoms with Gasteiger partial charge < -0.3 is 9.67 Å². The zero-order valence-electron chi connectivity index (χ0n) is 11.1. The van der Waals surface area contributed by atoms with Crippen molar-refractivity contribution in [3.8, 4) is 6.07 Å². The van der Waals surface area contributed by atoms with Gasteiger partial charge in [-0.2, -0.15) is 5.26 Å². The van der Waals surface area contributed by atoms with Crippen LogP contribution < -0.4 is 0 Å². The lowest BCUT2D eigenvalue weighted by Crippen LogP contribution is -2.18. The number of aliphatic hydroxyl groups excluding tert-OH is 1. The fourth-order valence-electron chi connectivity index (χ4n) is 2.34. The van der Waals surface area contributed by atoms with Crippen LogP contribution in [0.3, 0.4) is 0 Å². The Kier molecular flexibility index (Phi) is 3.14. The van der Waals surface area contributed by atoms with Crippen molar-refractivity contribution in [2.75, 3.05) is 6.61 Å². The zero-order valence-corrected chi connectivity index (χ0v) is 11.1. The Morgan fingerprint density at radius 2 is 2.06 bits per heavy atom. The first-order chi connectivity index (χ1) is 8.49. The van der Waals surface area contributed by atoms with Gasteiger partial charge in [-0.1, -0.05) is 26.8 Å². The summed E-state index contributed by atoms with van der Waals surface area (Å²) in [6.45, 7) is 7.08. The number of benzene rings is 1. The summed E-state index contributed by atoms with van der Waals surface area (Å²) in [5, 5.41) is 19.4. The molecule has 0 saturated carbocycles. The minimum absolute atomic E-state index is 0.0130. The van der Waals surface area contributed by atoms with Crippen LogP contribution in [-0.2, 0) is 12.0 Å². The lowest BCUT2D eigenvalue weighted by molar-refractivity contribution is 0.274. The van der Waals surface area contributed by atoms with Gasteiger partial charge in [-0.3, -0.25) is 0 Å². The van der Waals surface area contributed by atoms with E-state index in [0.29, 0.717) is 12.1 Å². The predicted molar refractivity (Wildman–Crippen MR) is 72.4 cm³/mol. The van der Waals surface area contributed by atoms with Crippen molar-refractivity contribution in [1.29, 1.82) is 5.26 Å². The first-order valence-electron chi connectivity index (χ1n) is 6.12. The zero-order chi connectivity index (χ0) is 13.3. The molecule has 1 aromatic heterocycles. The van der Waals surface area contributed by atoms with Crippen molar-refractivity contribution in [2.45, 2.75) is 32.7 Å². The van der Waals surface area contributed by atoms with Crippen molar-refractivity contribution in [3.05, 3.63) is 35.5 Å². The molecule has 0 aliphatic rings. The molecule has 2 rings (SSSR count). The first kappa shape index (κ1) is 12.7. The highest BCUT2D eigenvalue weighted by atomic mass is 16.3. The van der Waals surface area contributed by atoms with Crippen LogP contribution in [0.4, 0.5) is 0 Å². The topological polar surface area (TPSA) is 49.0 Å². The summed E-state index contributed by atoms with van der Waals surface area (Å²) in [4.78, 5) is 0. The van der Waals surface area contributed by atoms with Crippen LogP contribution in [0.25, 0.3) is 10.9 Å². The third kappa shape index (κ3) is 2.00. The van der Waals surface area contributed by atoms with E-state index in [-0.39, 0.29) is 12.0 Å². The van der Waals surface area contributed by atoms with Crippen molar-refractivity contribution >= 4 is 10.9 Å². The van der Waals surface area contributed by atoms with Gasteiger partial charge in [0.25, 0.3) is 0 Å². The molecule has 0 aliphatic carbocycles. The number of nitriles is 1. The third-order valence-electron chi connectivity index (χ3n) is 3.16. The monoisotopic (exact) mass is 242 g/mol. The van der Waals surface area contributed by atoms with Crippen LogP contribution in [0.2, 0.25) is 0 Å². The minimum Gasteiger partial charge on any atom is -0.395 e. The molecular formula is C15H18N2O. The molecule has 1 aromatic carbocycles. The quantitative estimate of drug-likeness (QED) is 0.880. The van der Waals surface area contributed by atoms with Gasteiger partial charge in [0.05, 0.1) is 18.2 Å². The van der Waals surface area contributed by atoms with Gasteiger partial charge in [0.2, 0.25) is 0 Å². The molecule has 0 bridgehead atoms. The molecule has 1 N–H and O–H groups in total. The van der Waals surface area contributed by atoms with Crippen LogP contribution in [0, 0.1) is 11.3 Å². The molecule has 3 heteroatoms. The van der Waals surface area contributed by atoms with Gasteiger partial charge in [-0.05, 0) is 18.2 Å². The van der Waals surface area contributed by atoms with E-state index in [2.05, 4.69) is 37.5 Å². The predicted octanol–water partition coefficient (Wildman–Crippen LogP) is 2.80. The van der Waals surface area contributed by atoms with Crippen LogP contribution in [0.5, 0.6) is 0 Å². The molecule has 1 heterocycles. The number of rotatable bonds is 2. The summed E-state index contributed by atoms with van der Waals surface area (Å²) < 4.78 is 2.11. The second kappa shape index (κ2) is 4.47. The smallest absolute Gasteiger partial charge is 0.0998 e. The van der Waals surface area contributed by atoms with Crippen LogP contribution in [0.15, 0.2) is 24.3 Å². The van der Waals surface area contributed by atoms with Gasteiger partial charge in [-0.25, -0.2) is 0 Å². The van der Waals surface area contributed by atoms with Crippen molar-refractivity contribution in [1.82, 2.24) is 4.57 Å². The van der Waals surface area contributed by atoms with E-state index in [1.165, 1.54) is 0 Å². The summed E-state index contributed by atoms with van der Waals surface area (Å²) >= 11 is 0. The maximum absolute atomic E-state index is 9.23. The number of aliphatic hydroxyl groups is 1. The Morgan fingerprint density at radius 1 is 1.33 bits per heavy atom. The molecule has 94 valence electrons. The Labute approximate surface area is 107 Å². The van der Waals surface area contributed by atoms with Gasteiger partial charge in [0.1, 0.15) is 0 Å². The highest BCUT2D eigenvalue weighted by molar-refractivity contribution is 5.87. The van der Waals surface area contributed by atoms with E-state index < -0.39 is 0 Å².